The van der Waals surface area contributed by atoms with Gasteiger partial charge in [-0.25, -0.2) is 4.39 Å². The van der Waals surface area contributed by atoms with Gasteiger partial charge in [0.05, 0.1) is 6.17 Å². The number of carbonyl (C=O) groups is 2. The molecule has 118 valence electrons. The number of unbranched alkanes of at least 4 members (excludes halogenated alkanes) is 4. The molecule has 0 aliphatic heterocycles. The Morgan fingerprint density at radius 3 is 2.30 bits per heavy atom. The van der Waals surface area contributed by atoms with E-state index in [1.807, 2.05) is 6.92 Å². The molecule has 0 aliphatic rings. The molecular weight excluding hydrogens is 261 g/mol. The number of carboxylic acid groups (broad SMARTS) is 1. The van der Waals surface area contributed by atoms with Crippen LogP contribution in [0.1, 0.15) is 65.2 Å². The van der Waals surface area contributed by atoms with Gasteiger partial charge in [0.2, 0.25) is 5.91 Å². The molecule has 0 saturated carbocycles. The summed E-state index contributed by atoms with van der Waals surface area (Å²) in [4.78, 5) is 23.9. The smallest absolute Gasteiger partial charge is 0.323 e. The Hall–Kier alpha value is -1.13. The average molecular weight is 289 g/mol. The summed E-state index contributed by atoms with van der Waals surface area (Å²) < 4.78 is 12.6. The highest BCUT2D eigenvalue weighted by molar-refractivity contribution is 5.81. The number of hydrogen-bond donors (Lipinski definition) is 1. The van der Waals surface area contributed by atoms with Crippen LogP contribution in [0.25, 0.3) is 0 Å². The maximum atomic E-state index is 12.6. The lowest BCUT2D eigenvalue weighted by Gasteiger charge is -2.19. The maximum absolute atomic E-state index is 12.6. The van der Waals surface area contributed by atoms with E-state index in [2.05, 4.69) is 0 Å². The third-order valence-electron chi connectivity index (χ3n) is 3.16. The second-order valence-corrected chi connectivity index (χ2v) is 5.30. The third-order valence-corrected chi connectivity index (χ3v) is 3.16. The molecule has 0 aliphatic carbocycles. The summed E-state index contributed by atoms with van der Waals surface area (Å²) in [6, 6.07) is 0. The Kier molecular flexibility index (Phi) is 11.0. The van der Waals surface area contributed by atoms with Gasteiger partial charge in [-0.05, 0) is 26.2 Å². The number of alkyl halides is 1. The molecule has 20 heavy (non-hydrogen) atoms. The van der Waals surface area contributed by atoms with E-state index in [9.17, 15) is 14.0 Å². The predicted molar refractivity (Wildman–Crippen MR) is 77.4 cm³/mol. The number of carboxylic acids is 1. The Morgan fingerprint density at radius 1 is 1.15 bits per heavy atom. The van der Waals surface area contributed by atoms with Crippen molar-refractivity contribution in [2.45, 2.75) is 71.4 Å². The van der Waals surface area contributed by atoms with E-state index < -0.39 is 12.1 Å². The maximum Gasteiger partial charge on any atom is 0.323 e. The summed E-state index contributed by atoms with van der Waals surface area (Å²) in [5.74, 6) is -1.04. The van der Waals surface area contributed by atoms with Crippen molar-refractivity contribution in [2.24, 2.45) is 0 Å². The van der Waals surface area contributed by atoms with Gasteiger partial charge in [0.1, 0.15) is 6.54 Å². The van der Waals surface area contributed by atoms with Crippen molar-refractivity contribution in [2.75, 3.05) is 13.1 Å². The lowest BCUT2D eigenvalue weighted by atomic mass is 10.1. The van der Waals surface area contributed by atoms with Gasteiger partial charge in [-0.3, -0.25) is 9.59 Å². The molecule has 0 spiro atoms. The minimum absolute atomic E-state index is 0.0772. The van der Waals surface area contributed by atoms with E-state index in [1.165, 1.54) is 4.90 Å². The van der Waals surface area contributed by atoms with Crippen LogP contribution in [0.4, 0.5) is 4.39 Å². The number of halogens is 1. The second kappa shape index (κ2) is 11.7. The van der Waals surface area contributed by atoms with Crippen LogP contribution >= 0.6 is 0 Å². The van der Waals surface area contributed by atoms with Gasteiger partial charge in [-0.1, -0.05) is 32.6 Å². The van der Waals surface area contributed by atoms with Crippen molar-refractivity contribution in [1.29, 1.82) is 0 Å². The average Bonchev–Trinajstić information content (AvgIpc) is 2.36. The van der Waals surface area contributed by atoms with E-state index >= 15 is 0 Å². The van der Waals surface area contributed by atoms with Gasteiger partial charge in [-0.2, -0.15) is 0 Å². The lowest BCUT2D eigenvalue weighted by Crippen LogP contribution is -2.36. The zero-order chi connectivity index (χ0) is 15.4. The Balaban J connectivity index is 3.70. The van der Waals surface area contributed by atoms with Crippen LogP contribution in [0.15, 0.2) is 0 Å². The fourth-order valence-corrected chi connectivity index (χ4v) is 2.12. The summed E-state index contributed by atoms with van der Waals surface area (Å²) >= 11 is 0. The Morgan fingerprint density at radius 2 is 1.75 bits per heavy atom. The third kappa shape index (κ3) is 10.8. The Labute approximate surface area is 121 Å². The molecule has 4 nitrogen and oxygen atoms in total. The minimum atomic E-state index is -0.966. The first-order valence-corrected chi connectivity index (χ1v) is 7.61. The molecule has 0 aromatic rings. The van der Waals surface area contributed by atoms with E-state index in [0.29, 0.717) is 19.4 Å². The highest BCUT2D eigenvalue weighted by atomic mass is 19.1. The van der Waals surface area contributed by atoms with Crippen molar-refractivity contribution in [3.8, 4) is 0 Å². The topological polar surface area (TPSA) is 57.6 Å². The lowest BCUT2D eigenvalue weighted by molar-refractivity contribution is -0.144. The molecule has 0 radical (unpaired) electrons. The van der Waals surface area contributed by atoms with Crippen LogP contribution in [-0.4, -0.2) is 41.1 Å². The predicted octanol–water partition coefficient (Wildman–Crippen LogP) is 3.40. The molecule has 1 N–H and O–H groups in total. The van der Waals surface area contributed by atoms with Gasteiger partial charge in [-0.15, -0.1) is 0 Å². The van der Waals surface area contributed by atoms with Crippen molar-refractivity contribution < 1.29 is 19.1 Å². The normalized spacial score (nSPS) is 12.2. The van der Waals surface area contributed by atoms with Gasteiger partial charge in [0.15, 0.2) is 0 Å². The molecule has 0 saturated heterocycles. The summed E-state index contributed by atoms with van der Waals surface area (Å²) in [7, 11) is 0. The summed E-state index contributed by atoms with van der Waals surface area (Å²) in [6.07, 6.45) is 5.68. The van der Waals surface area contributed by atoms with Crippen LogP contribution < -0.4 is 0 Å². The number of rotatable bonds is 12. The first-order chi connectivity index (χ1) is 9.47. The van der Waals surface area contributed by atoms with Crippen molar-refractivity contribution in [1.82, 2.24) is 4.90 Å². The Bertz CT molecular complexity index is 282. The molecule has 0 aromatic carbocycles. The molecule has 0 bridgehead atoms. The van der Waals surface area contributed by atoms with E-state index in [-0.39, 0.29) is 12.5 Å². The van der Waals surface area contributed by atoms with Gasteiger partial charge in [0.25, 0.3) is 0 Å². The van der Waals surface area contributed by atoms with Crippen LogP contribution in [0, 0.1) is 0 Å². The fourth-order valence-electron chi connectivity index (χ4n) is 2.12. The molecule has 1 atom stereocenters. The highest BCUT2D eigenvalue weighted by Crippen LogP contribution is 2.11. The van der Waals surface area contributed by atoms with Crippen molar-refractivity contribution >= 4 is 11.9 Å². The van der Waals surface area contributed by atoms with Crippen LogP contribution in [0.5, 0.6) is 0 Å². The largest absolute Gasteiger partial charge is 0.480 e. The van der Waals surface area contributed by atoms with E-state index in [0.717, 1.165) is 38.5 Å². The molecule has 1 unspecified atom stereocenters. The standard InChI is InChI=1S/C15H28FNO3/c1-3-11-17(12-15(19)20)14(18)10-8-6-4-5-7-9-13(2)16/h13H,3-12H2,1-2H3,(H,19,20). The number of nitrogens with zero attached hydrogens (tertiary/aromatic N) is 1. The van der Waals surface area contributed by atoms with Crippen LogP contribution in [-0.2, 0) is 9.59 Å². The highest BCUT2D eigenvalue weighted by Gasteiger charge is 2.15. The fraction of sp³-hybridized carbons (Fsp3) is 0.867. The number of hydrogen-bond acceptors (Lipinski definition) is 2. The van der Waals surface area contributed by atoms with Crippen LogP contribution in [0.3, 0.4) is 0 Å². The number of carbonyl (C=O) groups excluding carboxylic acids is 1. The molecule has 5 heteroatoms. The zero-order valence-electron chi connectivity index (χ0n) is 12.7. The summed E-state index contributed by atoms with van der Waals surface area (Å²) in [6.45, 7) is 3.79. The van der Waals surface area contributed by atoms with Crippen molar-refractivity contribution in [3.63, 3.8) is 0 Å². The molecular formula is C15H28FNO3. The van der Waals surface area contributed by atoms with E-state index in [4.69, 9.17) is 5.11 Å². The summed E-state index contributed by atoms with van der Waals surface area (Å²) in [5, 5.41) is 8.75. The van der Waals surface area contributed by atoms with Gasteiger partial charge < -0.3 is 10.0 Å². The molecule has 1 amide bonds. The number of amides is 1. The zero-order valence-corrected chi connectivity index (χ0v) is 12.7. The second-order valence-electron chi connectivity index (χ2n) is 5.30. The molecule has 0 aromatic heterocycles. The first kappa shape index (κ1) is 18.9. The first-order valence-electron chi connectivity index (χ1n) is 7.61. The van der Waals surface area contributed by atoms with Gasteiger partial charge >= 0.3 is 5.97 Å². The molecule has 0 heterocycles. The monoisotopic (exact) mass is 289 g/mol. The quantitative estimate of drug-likeness (QED) is 0.560. The molecule has 0 fully saturated rings. The van der Waals surface area contributed by atoms with Gasteiger partial charge in [0, 0.05) is 13.0 Å². The minimum Gasteiger partial charge on any atom is -0.480 e. The van der Waals surface area contributed by atoms with Crippen LogP contribution in [0.2, 0.25) is 0 Å². The SMILES string of the molecule is CCCN(CC(=O)O)C(=O)CCCCCCCC(C)F. The number of aliphatic carboxylic acids is 1. The summed E-state index contributed by atoms with van der Waals surface area (Å²) in [5.41, 5.74) is 0. The molecule has 0 rings (SSSR count). The van der Waals surface area contributed by atoms with E-state index in [1.54, 1.807) is 6.92 Å². The van der Waals surface area contributed by atoms with Crippen molar-refractivity contribution in [3.05, 3.63) is 0 Å².